The summed E-state index contributed by atoms with van der Waals surface area (Å²) in [4.78, 5) is 31.8. The van der Waals surface area contributed by atoms with Gasteiger partial charge in [-0.2, -0.15) is 0 Å². The first-order valence-electron chi connectivity index (χ1n) is 8.10. The number of amides is 2. The van der Waals surface area contributed by atoms with Crippen LogP contribution in [-0.2, 0) is 22.4 Å². The average molecular weight is 321 g/mol. The summed E-state index contributed by atoms with van der Waals surface area (Å²) in [6.07, 6.45) is 4.30. The Morgan fingerprint density at radius 3 is 2.86 bits per heavy atom. The minimum absolute atomic E-state index is 0.0143. The Balaban J connectivity index is 1.45. The van der Waals surface area contributed by atoms with Crippen LogP contribution in [0.5, 0.6) is 0 Å². The number of aryl methyl sites for hydroxylation is 2. The van der Waals surface area contributed by atoms with E-state index >= 15 is 0 Å². The van der Waals surface area contributed by atoms with Crippen LogP contribution >= 0.6 is 11.3 Å². The van der Waals surface area contributed by atoms with Crippen LogP contribution in [0.1, 0.15) is 41.8 Å². The maximum atomic E-state index is 12.2. The molecule has 6 heteroatoms. The third kappa shape index (κ3) is 3.32. The summed E-state index contributed by atoms with van der Waals surface area (Å²) in [5.74, 6) is -0.0105. The van der Waals surface area contributed by atoms with Gasteiger partial charge in [0.2, 0.25) is 11.8 Å². The zero-order chi connectivity index (χ0) is 15.7. The van der Waals surface area contributed by atoms with Crippen LogP contribution in [0.2, 0.25) is 0 Å². The van der Waals surface area contributed by atoms with Crippen LogP contribution in [0.3, 0.4) is 0 Å². The number of rotatable bonds is 6. The normalized spacial score (nSPS) is 21.5. The number of carbonyl (C=O) groups is 2. The SMILES string of the molecule is CCc1nc(CCNC(=O)C2CC(=O)N(C3CC3)C2)sc1C. The minimum Gasteiger partial charge on any atom is -0.355 e. The molecule has 1 N–H and O–H groups in total. The molecular formula is C16H23N3O2S. The van der Waals surface area contributed by atoms with Crippen LogP contribution in [-0.4, -0.2) is 40.8 Å². The van der Waals surface area contributed by atoms with Crippen molar-refractivity contribution < 1.29 is 9.59 Å². The van der Waals surface area contributed by atoms with E-state index in [4.69, 9.17) is 0 Å². The van der Waals surface area contributed by atoms with Gasteiger partial charge in [0.15, 0.2) is 0 Å². The number of likely N-dealkylation sites (tertiary alicyclic amines) is 1. The van der Waals surface area contributed by atoms with Gasteiger partial charge in [-0.15, -0.1) is 11.3 Å². The molecule has 0 aromatic carbocycles. The van der Waals surface area contributed by atoms with Crippen LogP contribution in [0, 0.1) is 12.8 Å². The molecule has 1 aromatic heterocycles. The highest BCUT2D eigenvalue weighted by Gasteiger charge is 2.41. The Kier molecular flexibility index (Phi) is 4.47. The highest BCUT2D eigenvalue weighted by molar-refractivity contribution is 7.11. The zero-order valence-corrected chi connectivity index (χ0v) is 14.0. The minimum atomic E-state index is -0.169. The summed E-state index contributed by atoms with van der Waals surface area (Å²) >= 11 is 1.71. The van der Waals surface area contributed by atoms with E-state index in [-0.39, 0.29) is 17.7 Å². The number of thiazole rings is 1. The van der Waals surface area contributed by atoms with Crippen molar-refractivity contribution in [3.05, 3.63) is 15.6 Å². The molecule has 2 amide bonds. The number of hydrogen-bond acceptors (Lipinski definition) is 4. The van der Waals surface area contributed by atoms with E-state index in [1.807, 2.05) is 4.90 Å². The first-order chi connectivity index (χ1) is 10.6. The molecule has 1 aliphatic heterocycles. The van der Waals surface area contributed by atoms with Gasteiger partial charge in [-0.1, -0.05) is 6.92 Å². The van der Waals surface area contributed by atoms with Gasteiger partial charge in [-0.25, -0.2) is 4.98 Å². The van der Waals surface area contributed by atoms with Crippen molar-refractivity contribution in [2.45, 2.75) is 52.0 Å². The second kappa shape index (κ2) is 6.36. The molecule has 1 saturated carbocycles. The lowest BCUT2D eigenvalue weighted by Gasteiger charge is -2.15. The number of nitrogens with one attached hydrogen (secondary N) is 1. The first kappa shape index (κ1) is 15.5. The van der Waals surface area contributed by atoms with Gasteiger partial charge in [0.25, 0.3) is 0 Å². The summed E-state index contributed by atoms with van der Waals surface area (Å²) < 4.78 is 0. The van der Waals surface area contributed by atoms with E-state index in [0.29, 0.717) is 25.6 Å². The molecular weight excluding hydrogens is 298 g/mol. The molecule has 2 heterocycles. The van der Waals surface area contributed by atoms with E-state index in [1.165, 1.54) is 4.88 Å². The van der Waals surface area contributed by atoms with Gasteiger partial charge in [-0.3, -0.25) is 9.59 Å². The van der Waals surface area contributed by atoms with E-state index in [9.17, 15) is 9.59 Å². The molecule has 22 heavy (non-hydrogen) atoms. The zero-order valence-electron chi connectivity index (χ0n) is 13.2. The van der Waals surface area contributed by atoms with Gasteiger partial charge in [0, 0.05) is 36.9 Å². The number of aromatic nitrogens is 1. The second-order valence-corrected chi connectivity index (χ2v) is 7.47. The topological polar surface area (TPSA) is 62.3 Å². The maximum Gasteiger partial charge on any atom is 0.225 e. The van der Waals surface area contributed by atoms with Gasteiger partial charge in [0.1, 0.15) is 0 Å². The van der Waals surface area contributed by atoms with Crippen LogP contribution < -0.4 is 5.32 Å². The smallest absolute Gasteiger partial charge is 0.225 e. The summed E-state index contributed by atoms with van der Waals surface area (Å²) in [5.41, 5.74) is 1.16. The molecule has 1 aliphatic carbocycles. The second-order valence-electron chi connectivity index (χ2n) is 6.18. The van der Waals surface area contributed by atoms with Crippen molar-refractivity contribution >= 4 is 23.2 Å². The molecule has 2 fully saturated rings. The standard InChI is InChI=1S/C16H23N3O2S/c1-3-13-10(2)22-14(18-13)6-7-17-16(21)11-8-15(20)19(9-11)12-4-5-12/h11-12H,3-9H2,1-2H3,(H,17,21). The molecule has 1 unspecified atom stereocenters. The van der Waals surface area contributed by atoms with Crippen molar-refractivity contribution in [2.75, 3.05) is 13.1 Å². The number of nitrogens with zero attached hydrogens (tertiary/aromatic N) is 2. The summed E-state index contributed by atoms with van der Waals surface area (Å²) in [6, 6.07) is 0.413. The van der Waals surface area contributed by atoms with Crippen LogP contribution in [0.15, 0.2) is 0 Å². The third-order valence-electron chi connectivity index (χ3n) is 4.43. The highest BCUT2D eigenvalue weighted by atomic mass is 32.1. The van der Waals surface area contributed by atoms with Crippen molar-refractivity contribution in [3.8, 4) is 0 Å². The summed E-state index contributed by atoms with van der Waals surface area (Å²) in [7, 11) is 0. The van der Waals surface area contributed by atoms with Crippen LogP contribution in [0.4, 0.5) is 0 Å². The van der Waals surface area contributed by atoms with Gasteiger partial charge < -0.3 is 10.2 Å². The highest BCUT2D eigenvalue weighted by Crippen LogP contribution is 2.32. The molecule has 1 saturated heterocycles. The first-order valence-corrected chi connectivity index (χ1v) is 8.92. The fourth-order valence-electron chi connectivity index (χ4n) is 3.01. The molecule has 0 spiro atoms. The molecule has 0 bridgehead atoms. The van der Waals surface area contributed by atoms with Crippen molar-refractivity contribution in [2.24, 2.45) is 5.92 Å². The Morgan fingerprint density at radius 2 is 2.23 bits per heavy atom. The predicted molar refractivity (Wildman–Crippen MR) is 85.8 cm³/mol. The average Bonchev–Trinajstić information content (AvgIpc) is 3.16. The lowest BCUT2D eigenvalue weighted by Crippen LogP contribution is -2.34. The van der Waals surface area contributed by atoms with Crippen LogP contribution in [0.25, 0.3) is 0 Å². The lowest BCUT2D eigenvalue weighted by atomic mass is 10.1. The quantitative estimate of drug-likeness (QED) is 0.867. The Morgan fingerprint density at radius 1 is 1.45 bits per heavy atom. The van der Waals surface area contributed by atoms with E-state index in [1.54, 1.807) is 11.3 Å². The molecule has 1 aromatic rings. The third-order valence-corrected chi connectivity index (χ3v) is 5.50. The fraction of sp³-hybridized carbons (Fsp3) is 0.688. The Bertz CT molecular complexity index is 580. The van der Waals surface area contributed by atoms with E-state index in [2.05, 4.69) is 24.1 Å². The monoisotopic (exact) mass is 321 g/mol. The molecule has 120 valence electrons. The number of carbonyl (C=O) groups excluding carboxylic acids is 2. The van der Waals surface area contributed by atoms with E-state index in [0.717, 1.165) is 36.4 Å². The van der Waals surface area contributed by atoms with Gasteiger partial charge in [0.05, 0.1) is 16.6 Å². The molecule has 0 radical (unpaired) electrons. The number of hydrogen-bond donors (Lipinski definition) is 1. The van der Waals surface area contributed by atoms with Crippen molar-refractivity contribution in [1.82, 2.24) is 15.2 Å². The maximum absolute atomic E-state index is 12.2. The van der Waals surface area contributed by atoms with Crippen molar-refractivity contribution in [3.63, 3.8) is 0 Å². The molecule has 1 atom stereocenters. The van der Waals surface area contributed by atoms with Crippen molar-refractivity contribution in [1.29, 1.82) is 0 Å². The van der Waals surface area contributed by atoms with Gasteiger partial charge in [-0.05, 0) is 26.2 Å². The fourth-order valence-corrected chi connectivity index (χ4v) is 4.03. The summed E-state index contributed by atoms with van der Waals surface area (Å²) in [6.45, 7) is 5.40. The van der Waals surface area contributed by atoms with Gasteiger partial charge >= 0.3 is 0 Å². The Hall–Kier alpha value is -1.43. The lowest BCUT2D eigenvalue weighted by molar-refractivity contribution is -0.129. The van der Waals surface area contributed by atoms with E-state index < -0.39 is 0 Å². The predicted octanol–water partition coefficient (Wildman–Crippen LogP) is 1.68. The Labute approximate surface area is 135 Å². The molecule has 2 aliphatic rings. The largest absolute Gasteiger partial charge is 0.355 e. The summed E-state index contributed by atoms with van der Waals surface area (Å²) in [5, 5.41) is 4.05. The molecule has 3 rings (SSSR count). The molecule has 5 nitrogen and oxygen atoms in total.